The van der Waals surface area contributed by atoms with Gasteiger partial charge in [-0.1, -0.05) is 30.9 Å². The van der Waals surface area contributed by atoms with Crippen LogP contribution in [0.25, 0.3) is 0 Å². The summed E-state index contributed by atoms with van der Waals surface area (Å²) in [6.45, 7) is 1.90. The van der Waals surface area contributed by atoms with Crippen molar-refractivity contribution < 1.29 is 0 Å². The van der Waals surface area contributed by atoms with Gasteiger partial charge in [-0.05, 0) is 25.8 Å². The molecule has 0 spiro atoms. The van der Waals surface area contributed by atoms with Gasteiger partial charge in [-0.25, -0.2) is 9.97 Å². The van der Waals surface area contributed by atoms with Crippen LogP contribution >= 0.6 is 11.6 Å². The minimum Gasteiger partial charge on any atom is -0.238 e. The van der Waals surface area contributed by atoms with E-state index in [4.69, 9.17) is 11.6 Å². The highest BCUT2D eigenvalue weighted by atomic mass is 35.5. The normalized spacial score (nSPS) is 18.4. The lowest BCUT2D eigenvalue weighted by Gasteiger charge is -2.21. The van der Waals surface area contributed by atoms with Gasteiger partial charge in [-0.3, -0.25) is 0 Å². The minimum absolute atomic E-state index is 0.582. The lowest BCUT2D eigenvalue weighted by Crippen LogP contribution is -2.07. The molecule has 0 aliphatic heterocycles. The van der Waals surface area contributed by atoms with Crippen molar-refractivity contribution in [1.29, 1.82) is 0 Å². The summed E-state index contributed by atoms with van der Waals surface area (Å²) >= 11 is 5.92. The van der Waals surface area contributed by atoms with Crippen molar-refractivity contribution in [3.05, 3.63) is 22.7 Å². The van der Waals surface area contributed by atoms with Crippen LogP contribution in [0.4, 0.5) is 0 Å². The van der Waals surface area contributed by atoms with Crippen LogP contribution < -0.4 is 0 Å². The molecule has 3 heteroatoms. The molecule has 1 aliphatic carbocycles. The maximum absolute atomic E-state index is 5.92. The van der Waals surface area contributed by atoms with Gasteiger partial charge < -0.3 is 0 Å². The van der Waals surface area contributed by atoms with E-state index in [9.17, 15) is 0 Å². The van der Waals surface area contributed by atoms with E-state index in [2.05, 4.69) is 9.97 Å². The summed E-state index contributed by atoms with van der Waals surface area (Å²) < 4.78 is 0. The van der Waals surface area contributed by atoms with Crippen LogP contribution in [0.5, 0.6) is 0 Å². The van der Waals surface area contributed by atoms with Crippen molar-refractivity contribution in [1.82, 2.24) is 9.97 Å². The molecular weight excluding hydrogens is 196 g/mol. The molecule has 0 aromatic carbocycles. The lowest BCUT2D eigenvalue weighted by molar-refractivity contribution is 0.435. The van der Waals surface area contributed by atoms with Crippen molar-refractivity contribution in [2.24, 2.45) is 0 Å². The van der Waals surface area contributed by atoms with E-state index in [1.54, 1.807) is 0 Å². The SMILES string of the molecule is Cc1nc(Cl)cc(C2CCCCC2)n1. The summed E-state index contributed by atoms with van der Waals surface area (Å²) in [7, 11) is 0. The Morgan fingerprint density at radius 1 is 1.21 bits per heavy atom. The molecule has 1 fully saturated rings. The number of rotatable bonds is 1. The third-order valence-corrected chi connectivity index (χ3v) is 3.04. The summed E-state index contributed by atoms with van der Waals surface area (Å²) in [5.74, 6) is 1.40. The van der Waals surface area contributed by atoms with E-state index in [-0.39, 0.29) is 0 Å². The van der Waals surface area contributed by atoms with Gasteiger partial charge in [0.1, 0.15) is 11.0 Å². The van der Waals surface area contributed by atoms with Gasteiger partial charge in [0.25, 0.3) is 0 Å². The Morgan fingerprint density at radius 3 is 2.57 bits per heavy atom. The molecule has 1 aliphatic rings. The predicted molar refractivity (Wildman–Crippen MR) is 57.6 cm³/mol. The van der Waals surface area contributed by atoms with Crippen LogP contribution in [0, 0.1) is 6.92 Å². The second-order valence-corrected chi connectivity index (χ2v) is 4.38. The summed E-state index contributed by atoms with van der Waals surface area (Å²) in [4.78, 5) is 8.55. The molecule has 1 saturated carbocycles. The summed E-state index contributed by atoms with van der Waals surface area (Å²) in [6.07, 6.45) is 6.53. The third kappa shape index (κ3) is 2.24. The van der Waals surface area contributed by atoms with E-state index >= 15 is 0 Å². The van der Waals surface area contributed by atoms with Gasteiger partial charge in [0.2, 0.25) is 0 Å². The third-order valence-electron chi connectivity index (χ3n) is 2.85. The highest BCUT2D eigenvalue weighted by molar-refractivity contribution is 6.29. The van der Waals surface area contributed by atoms with E-state index < -0.39 is 0 Å². The summed E-state index contributed by atoms with van der Waals surface area (Å²) in [5.41, 5.74) is 1.14. The molecule has 1 aromatic rings. The quantitative estimate of drug-likeness (QED) is 0.664. The molecule has 0 N–H and O–H groups in total. The number of hydrogen-bond donors (Lipinski definition) is 0. The molecule has 0 bridgehead atoms. The van der Waals surface area contributed by atoms with Crippen molar-refractivity contribution in [3.63, 3.8) is 0 Å². The van der Waals surface area contributed by atoms with Gasteiger partial charge in [0.05, 0.1) is 0 Å². The molecular formula is C11H15ClN2. The van der Waals surface area contributed by atoms with Crippen molar-refractivity contribution in [3.8, 4) is 0 Å². The molecule has 76 valence electrons. The Bertz CT molecular complexity index is 299. The zero-order valence-corrected chi connectivity index (χ0v) is 9.22. The van der Waals surface area contributed by atoms with Crippen LogP contribution in [-0.2, 0) is 0 Å². The molecule has 1 aromatic heterocycles. The van der Waals surface area contributed by atoms with Gasteiger partial charge in [0.15, 0.2) is 0 Å². The fourth-order valence-corrected chi connectivity index (χ4v) is 2.39. The van der Waals surface area contributed by atoms with Gasteiger partial charge in [-0.2, -0.15) is 0 Å². The molecule has 14 heavy (non-hydrogen) atoms. The fourth-order valence-electron chi connectivity index (χ4n) is 2.16. The Hall–Kier alpha value is -0.630. The second-order valence-electron chi connectivity index (χ2n) is 4.00. The maximum atomic E-state index is 5.92. The second kappa shape index (κ2) is 4.26. The van der Waals surface area contributed by atoms with E-state index in [0.717, 1.165) is 11.5 Å². The average Bonchev–Trinajstić information content (AvgIpc) is 2.18. The molecule has 0 amide bonds. The maximum Gasteiger partial charge on any atom is 0.133 e. The molecule has 0 atom stereocenters. The Kier molecular flexibility index (Phi) is 3.02. The minimum atomic E-state index is 0.582. The largest absolute Gasteiger partial charge is 0.238 e. The number of aryl methyl sites for hydroxylation is 1. The Morgan fingerprint density at radius 2 is 1.93 bits per heavy atom. The zero-order chi connectivity index (χ0) is 9.97. The van der Waals surface area contributed by atoms with Crippen molar-refractivity contribution >= 4 is 11.6 Å². The average molecular weight is 211 g/mol. The number of nitrogens with zero attached hydrogens (tertiary/aromatic N) is 2. The first kappa shape index (κ1) is 9.91. The van der Waals surface area contributed by atoms with Gasteiger partial charge in [0, 0.05) is 11.6 Å². The van der Waals surface area contributed by atoms with Gasteiger partial charge >= 0.3 is 0 Å². The van der Waals surface area contributed by atoms with E-state index in [1.165, 1.54) is 32.1 Å². The Labute approximate surface area is 89.7 Å². The topological polar surface area (TPSA) is 25.8 Å². The highest BCUT2D eigenvalue weighted by Crippen LogP contribution is 2.32. The summed E-state index contributed by atoms with van der Waals surface area (Å²) in [6, 6.07) is 1.92. The highest BCUT2D eigenvalue weighted by Gasteiger charge is 2.17. The molecule has 2 rings (SSSR count). The predicted octanol–water partition coefficient (Wildman–Crippen LogP) is 3.49. The van der Waals surface area contributed by atoms with Crippen LogP contribution in [0.15, 0.2) is 6.07 Å². The Balaban J connectivity index is 2.21. The number of hydrogen-bond acceptors (Lipinski definition) is 2. The van der Waals surface area contributed by atoms with Crippen LogP contribution in [0.1, 0.15) is 49.5 Å². The monoisotopic (exact) mass is 210 g/mol. The molecule has 1 heterocycles. The van der Waals surface area contributed by atoms with Gasteiger partial charge in [-0.15, -0.1) is 0 Å². The van der Waals surface area contributed by atoms with Crippen LogP contribution in [0.3, 0.4) is 0 Å². The molecule has 0 radical (unpaired) electrons. The number of aromatic nitrogens is 2. The first-order valence-corrected chi connectivity index (χ1v) is 5.64. The molecule has 2 nitrogen and oxygen atoms in total. The zero-order valence-electron chi connectivity index (χ0n) is 8.46. The first-order valence-electron chi connectivity index (χ1n) is 5.27. The van der Waals surface area contributed by atoms with Crippen LogP contribution in [0.2, 0.25) is 5.15 Å². The molecule has 0 saturated heterocycles. The van der Waals surface area contributed by atoms with E-state index in [0.29, 0.717) is 11.1 Å². The standard InChI is InChI=1S/C11H15ClN2/c1-8-13-10(7-11(12)14-8)9-5-3-2-4-6-9/h7,9H,2-6H2,1H3. The first-order chi connectivity index (χ1) is 6.75. The molecule has 0 unspecified atom stereocenters. The van der Waals surface area contributed by atoms with Crippen molar-refractivity contribution in [2.45, 2.75) is 44.9 Å². The van der Waals surface area contributed by atoms with Crippen molar-refractivity contribution in [2.75, 3.05) is 0 Å². The fraction of sp³-hybridized carbons (Fsp3) is 0.636. The summed E-state index contributed by atoms with van der Waals surface area (Å²) in [5, 5.41) is 0.582. The number of halogens is 1. The van der Waals surface area contributed by atoms with Crippen LogP contribution in [-0.4, -0.2) is 9.97 Å². The smallest absolute Gasteiger partial charge is 0.133 e. The van der Waals surface area contributed by atoms with E-state index in [1.807, 2.05) is 13.0 Å². The lowest BCUT2D eigenvalue weighted by atomic mass is 9.87.